The van der Waals surface area contributed by atoms with Gasteiger partial charge >= 0.3 is 0 Å². The van der Waals surface area contributed by atoms with Crippen molar-refractivity contribution in [3.8, 4) is 0 Å². The van der Waals surface area contributed by atoms with E-state index in [0.717, 1.165) is 15.7 Å². The zero-order valence-corrected chi connectivity index (χ0v) is 13.9. The maximum atomic E-state index is 11.7. The summed E-state index contributed by atoms with van der Waals surface area (Å²) in [5.74, 6) is -0.364. The summed E-state index contributed by atoms with van der Waals surface area (Å²) in [6.07, 6.45) is 0.876. The molecule has 1 atom stereocenters. The number of halogens is 1. The summed E-state index contributed by atoms with van der Waals surface area (Å²) in [4.78, 5) is 23.3. The molecule has 0 aliphatic heterocycles. The van der Waals surface area contributed by atoms with Crippen molar-refractivity contribution in [1.29, 1.82) is 0 Å². The zero-order valence-electron chi connectivity index (χ0n) is 11.7. The fourth-order valence-corrected chi connectivity index (χ4v) is 1.87. The first kappa shape index (κ1) is 16.7. The fraction of sp³-hybridized carbons (Fsp3) is 0.429. The molecule has 0 heterocycles. The minimum absolute atomic E-state index is 0.145. The van der Waals surface area contributed by atoms with E-state index in [-0.39, 0.29) is 18.4 Å². The Hall–Kier alpha value is -1.31. The average molecular weight is 389 g/mol. The molecule has 1 rings (SSSR count). The van der Waals surface area contributed by atoms with Gasteiger partial charge < -0.3 is 16.0 Å². The largest absolute Gasteiger partial charge is 0.376 e. The fourth-order valence-electron chi connectivity index (χ4n) is 1.51. The first-order valence-electron chi connectivity index (χ1n) is 6.59. The summed E-state index contributed by atoms with van der Waals surface area (Å²) in [6, 6.07) is 7.22. The number of rotatable bonds is 7. The molecule has 5 nitrogen and oxygen atoms in total. The monoisotopic (exact) mass is 389 g/mol. The molecule has 0 saturated carbocycles. The van der Waals surface area contributed by atoms with Crippen LogP contribution in [0.4, 0.5) is 5.69 Å². The number of nitrogens with one attached hydrogen (secondary N) is 3. The van der Waals surface area contributed by atoms with E-state index in [1.165, 1.54) is 0 Å². The number of hydrogen-bond donors (Lipinski definition) is 3. The van der Waals surface area contributed by atoms with Gasteiger partial charge in [-0.05, 0) is 60.2 Å². The number of hydrogen-bond acceptors (Lipinski definition) is 3. The molecule has 0 bridgehead atoms. The zero-order chi connectivity index (χ0) is 15.0. The van der Waals surface area contributed by atoms with Crippen LogP contribution in [0.15, 0.2) is 24.3 Å². The highest BCUT2D eigenvalue weighted by atomic mass is 127. The Morgan fingerprint density at radius 1 is 1.25 bits per heavy atom. The van der Waals surface area contributed by atoms with Crippen LogP contribution in [0.3, 0.4) is 0 Å². The van der Waals surface area contributed by atoms with Gasteiger partial charge in [0.2, 0.25) is 11.8 Å². The summed E-state index contributed by atoms with van der Waals surface area (Å²) in [5.41, 5.74) is 0.878. The lowest BCUT2D eigenvalue weighted by Crippen LogP contribution is -2.46. The Labute approximate surface area is 133 Å². The third kappa shape index (κ3) is 6.23. The first-order chi connectivity index (χ1) is 9.52. The maximum absolute atomic E-state index is 11.7. The SMILES string of the molecule is CCCNC(=O)[C@@H](C)NC(=O)CNc1ccc(I)cc1. The van der Waals surface area contributed by atoms with Crippen molar-refractivity contribution < 1.29 is 9.59 Å². The molecule has 1 aromatic carbocycles. The van der Waals surface area contributed by atoms with Crippen LogP contribution < -0.4 is 16.0 Å². The Balaban J connectivity index is 2.32. The van der Waals surface area contributed by atoms with Crippen LogP contribution in [0, 0.1) is 3.57 Å². The molecule has 6 heteroatoms. The minimum Gasteiger partial charge on any atom is -0.376 e. The van der Waals surface area contributed by atoms with Gasteiger partial charge in [-0.25, -0.2) is 0 Å². The minimum atomic E-state index is -0.521. The van der Waals surface area contributed by atoms with Crippen LogP contribution in [0.1, 0.15) is 20.3 Å². The summed E-state index contributed by atoms with van der Waals surface area (Å²) in [7, 11) is 0. The van der Waals surface area contributed by atoms with Gasteiger partial charge in [0.25, 0.3) is 0 Å². The predicted molar refractivity (Wildman–Crippen MR) is 88.6 cm³/mol. The molecule has 0 radical (unpaired) electrons. The van der Waals surface area contributed by atoms with Crippen molar-refractivity contribution in [3.05, 3.63) is 27.8 Å². The van der Waals surface area contributed by atoms with Crippen molar-refractivity contribution >= 4 is 40.1 Å². The number of carbonyl (C=O) groups is 2. The van der Waals surface area contributed by atoms with E-state index in [1.807, 2.05) is 31.2 Å². The van der Waals surface area contributed by atoms with E-state index in [1.54, 1.807) is 6.92 Å². The van der Waals surface area contributed by atoms with Gasteiger partial charge in [0, 0.05) is 15.8 Å². The Morgan fingerprint density at radius 3 is 2.50 bits per heavy atom. The van der Waals surface area contributed by atoms with Crippen LogP contribution in [-0.2, 0) is 9.59 Å². The normalized spacial score (nSPS) is 11.6. The van der Waals surface area contributed by atoms with Gasteiger partial charge in [-0.1, -0.05) is 6.92 Å². The maximum Gasteiger partial charge on any atom is 0.242 e. The van der Waals surface area contributed by atoms with Crippen LogP contribution in [-0.4, -0.2) is 30.9 Å². The van der Waals surface area contributed by atoms with E-state index in [2.05, 4.69) is 38.5 Å². The van der Waals surface area contributed by atoms with Crippen LogP contribution in [0.5, 0.6) is 0 Å². The van der Waals surface area contributed by atoms with Gasteiger partial charge in [-0.3, -0.25) is 9.59 Å². The van der Waals surface area contributed by atoms with Crippen molar-refractivity contribution in [2.75, 3.05) is 18.4 Å². The molecule has 1 aromatic rings. The van der Waals surface area contributed by atoms with Crippen molar-refractivity contribution in [2.45, 2.75) is 26.3 Å². The van der Waals surface area contributed by atoms with Crippen LogP contribution in [0.25, 0.3) is 0 Å². The molecule has 20 heavy (non-hydrogen) atoms. The number of benzene rings is 1. The average Bonchev–Trinajstić information content (AvgIpc) is 2.44. The number of anilines is 1. The lowest BCUT2D eigenvalue weighted by molar-refractivity contribution is -0.127. The van der Waals surface area contributed by atoms with E-state index < -0.39 is 6.04 Å². The van der Waals surface area contributed by atoms with Crippen molar-refractivity contribution in [1.82, 2.24) is 10.6 Å². The summed E-state index contributed by atoms with van der Waals surface area (Å²) in [6.45, 7) is 4.42. The van der Waals surface area contributed by atoms with Crippen molar-refractivity contribution in [2.24, 2.45) is 0 Å². The Morgan fingerprint density at radius 2 is 1.90 bits per heavy atom. The standard InChI is InChI=1S/C14H20IN3O2/c1-3-8-16-14(20)10(2)18-13(19)9-17-12-6-4-11(15)5-7-12/h4-7,10,17H,3,8-9H2,1-2H3,(H,16,20)(H,18,19)/t10-/m1/s1. The van der Waals surface area contributed by atoms with Gasteiger partial charge in [0.15, 0.2) is 0 Å². The van der Waals surface area contributed by atoms with Gasteiger partial charge in [-0.2, -0.15) is 0 Å². The van der Waals surface area contributed by atoms with Gasteiger partial charge in [-0.15, -0.1) is 0 Å². The molecular weight excluding hydrogens is 369 g/mol. The second kappa shape index (κ2) is 8.78. The third-order valence-corrected chi connectivity index (χ3v) is 3.34. The van der Waals surface area contributed by atoms with Crippen LogP contribution in [0.2, 0.25) is 0 Å². The van der Waals surface area contributed by atoms with E-state index in [4.69, 9.17) is 0 Å². The van der Waals surface area contributed by atoms with Crippen molar-refractivity contribution in [3.63, 3.8) is 0 Å². The van der Waals surface area contributed by atoms with Crippen LogP contribution >= 0.6 is 22.6 Å². The smallest absolute Gasteiger partial charge is 0.242 e. The van der Waals surface area contributed by atoms with E-state index >= 15 is 0 Å². The summed E-state index contributed by atoms with van der Waals surface area (Å²) in [5, 5.41) is 8.41. The Kier molecular flexibility index (Phi) is 7.35. The first-order valence-corrected chi connectivity index (χ1v) is 7.67. The second-order valence-electron chi connectivity index (χ2n) is 4.44. The topological polar surface area (TPSA) is 70.2 Å². The lowest BCUT2D eigenvalue weighted by Gasteiger charge is -2.14. The number of amides is 2. The summed E-state index contributed by atoms with van der Waals surface area (Å²) >= 11 is 2.22. The molecule has 110 valence electrons. The molecule has 0 aliphatic rings. The molecule has 0 saturated heterocycles. The number of carbonyl (C=O) groups excluding carboxylic acids is 2. The quantitative estimate of drug-likeness (QED) is 0.623. The molecule has 0 fully saturated rings. The van der Waals surface area contributed by atoms with Gasteiger partial charge in [0.05, 0.1) is 6.54 Å². The summed E-state index contributed by atoms with van der Waals surface area (Å²) < 4.78 is 1.14. The molecule has 0 aromatic heterocycles. The molecule has 0 aliphatic carbocycles. The third-order valence-electron chi connectivity index (χ3n) is 2.62. The molecular formula is C14H20IN3O2. The van der Waals surface area contributed by atoms with E-state index in [0.29, 0.717) is 6.54 Å². The highest BCUT2D eigenvalue weighted by Crippen LogP contribution is 2.10. The highest BCUT2D eigenvalue weighted by molar-refractivity contribution is 14.1. The predicted octanol–water partition coefficient (Wildman–Crippen LogP) is 1.73. The molecule has 0 unspecified atom stereocenters. The molecule has 0 spiro atoms. The second-order valence-corrected chi connectivity index (χ2v) is 5.69. The van der Waals surface area contributed by atoms with E-state index in [9.17, 15) is 9.59 Å². The highest BCUT2D eigenvalue weighted by Gasteiger charge is 2.14. The lowest BCUT2D eigenvalue weighted by atomic mass is 10.3. The van der Waals surface area contributed by atoms with Gasteiger partial charge in [0.1, 0.15) is 6.04 Å². The molecule has 3 N–H and O–H groups in total. The Bertz CT molecular complexity index is 448. The molecule has 2 amide bonds.